The lowest BCUT2D eigenvalue weighted by molar-refractivity contribution is 0.234. The van der Waals surface area contributed by atoms with Gasteiger partial charge in [-0.1, -0.05) is 0 Å². The van der Waals surface area contributed by atoms with Gasteiger partial charge in [-0.2, -0.15) is 0 Å². The predicted molar refractivity (Wildman–Crippen MR) is 252 cm³/mol. The van der Waals surface area contributed by atoms with E-state index in [9.17, 15) is 10.2 Å². The van der Waals surface area contributed by atoms with Gasteiger partial charge in [-0.05, 0) is 178 Å². The first-order valence-corrected chi connectivity index (χ1v) is 23.0. The van der Waals surface area contributed by atoms with E-state index < -0.39 is 0 Å². The van der Waals surface area contributed by atoms with E-state index in [2.05, 4.69) is 48.5 Å². The summed E-state index contributed by atoms with van der Waals surface area (Å²) in [5.41, 5.74) is 12.4. The molecule has 12 nitrogen and oxygen atoms in total. The number of hydrogen-bond donors (Lipinski definition) is 2. The van der Waals surface area contributed by atoms with Crippen LogP contribution >= 0.6 is 0 Å². The van der Waals surface area contributed by atoms with Crippen molar-refractivity contribution < 1.29 is 57.6 Å². The number of hydrogen-bond acceptors (Lipinski definition) is 12. The molecule has 0 unspecified atom stereocenters. The van der Waals surface area contributed by atoms with Crippen molar-refractivity contribution in [2.75, 3.05) is 68.1 Å². The van der Waals surface area contributed by atoms with Gasteiger partial charge in [0.25, 0.3) is 0 Å². The summed E-state index contributed by atoms with van der Waals surface area (Å²) in [5, 5.41) is 23.0. The highest BCUT2D eigenvalue weighted by Crippen LogP contribution is 2.43. The summed E-state index contributed by atoms with van der Waals surface area (Å²) in [7, 11) is 6.63. The van der Waals surface area contributed by atoms with Gasteiger partial charge in [0.1, 0.15) is 0 Å². The van der Waals surface area contributed by atoms with E-state index in [0.717, 1.165) is 66.8 Å². The Bertz CT molecular complexity index is 2640. The Hall–Kier alpha value is -7.08. The third kappa shape index (κ3) is 9.09. The van der Waals surface area contributed by atoms with E-state index >= 15 is 0 Å². The Morgan fingerprint density at radius 1 is 0.284 bits per heavy atom. The zero-order chi connectivity index (χ0) is 46.0. The number of ether oxygens (including phenoxy) is 10. The Labute approximate surface area is 390 Å². The molecule has 0 fully saturated rings. The summed E-state index contributed by atoms with van der Waals surface area (Å²) in [4.78, 5) is 0. The summed E-state index contributed by atoms with van der Waals surface area (Å²) in [6.45, 7) is 2.03. The molecule has 6 aromatic rings. The van der Waals surface area contributed by atoms with Crippen LogP contribution in [0.25, 0.3) is 0 Å². The van der Waals surface area contributed by atoms with Crippen molar-refractivity contribution in [3.63, 3.8) is 0 Å². The van der Waals surface area contributed by atoms with Gasteiger partial charge in [-0.25, -0.2) is 0 Å². The van der Waals surface area contributed by atoms with Crippen LogP contribution < -0.4 is 47.4 Å². The highest BCUT2D eigenvalue weighted by atomic mass is 16.5. The van der Waals surface area contributed by atoms with Gasteiger partial charge in [-0.15, -0.1) is 0 Å². The number of phenols is 2. The van der Waals surface area contributed by atoms with Crippen LogP contribution in [-0.4, -0.2) is 78.3 Å². The van der Waals surface area contributed by atoms with Crippen molar-refractivity contribution in [1.29, 1.82) is 0 Å². The summed E-state index contributed by atoms with van der Waals surface area (Å²) in [6.07, 6.45) is 5.00. The second kappa shape index (κ2) is 19.0. The van der Waals surface area contributed by atoms with Crippen LogP contribution in [0, 0.1) is 0 Å². The highest BCUT2D eigenvalue weighted by Gasteiger charge is 2.25. The first-order chi connectivity index (χ1) is 32.8. The molecule has 0 aromatic heterocycles. The van der Waals surface area contributed by atoms with Crippen LogP contribution in [0.3, 0.4) is 0 Å². The molecule has 12 heterocycles. The zero-order valence-corrected chi connectivity index (χ0v) is 38.5. The second-order valence-corrected chi connectivity index (χ2v) is 17.5. The summed E-state index contributed by atoms with van der Waals surface area (Å²) in [5.74, 6) is 5.89. The van der Waals surface area contributed by atoms with Gasteiger partial charge in [0.05, 0.1) is 68.1 Å². The fourth-order valence-electron chi connectivity index (χ4n) is 9.68. The van der Waals surface area contributed by atoms with Gasteiger partial charge in [0.15, 0.2) is 69.0 Å². The minimum atomic E-state index is 0.0504. The van der Waals surface area contributed by atoms with Crippen molar-refractivity contribution >= 4 is 0 Å². The molecule has 12 aliphatic heterocycles. The lowest BCUT2D eigenvalue weighted by atomic mass is 9.94. The van der Waals surface area contributed by atoms with Gasteiger partial charge in [0, 0.05) is 19.3 Å². The number of benzene rings is 6. The normalized spacial score (nSPS) is 15.4. The Morgan fingerprint density at radius 3 is 0.716 bits per heavy atom. The Kier molecular flexibility index (Phi) is 12.4. The van der Waals surface area contributed by atoms with E-state index in [1.807, 2.05) is 24.3 Å². The molecular weight excluding hydrogens is 853 g/mol. The zero-order valence-electron chi connectivity index (χ0n) is 38.5. The van der Waals surface area contributed by atoms with Gasteiger partial charge >= 0.3 is 0 Å². The first-order valence-electron chi connectivity index (χ1n) is 23.0. The van der Waals surface area contributed by atoms with Crippen molar-refractivity contribution in [1.82, 2.24) is 0 Å². The monoisotopic (exact) mass is 908 g/mol. The maximum absolute atomic E-state index is 11.5. The first kappa shape index (κ1) is 43.8. The minimum Gasteiger partial charge on any atom is -0.504 e. The third-order valence-corrected chi connectivity index (χ3v) is 13.2. The molecule has 0 amide bonds. The molecule has 18 bridgehead atoms. The van der Waals surface area contributed by atoms with Crippen LogP contribution in [0.5, 0.6) is 69.0 Å². The number of phenolic OH excluding ortho intramolecular Hbond substituents is 2. The average molecular weight is 909 g/mol. The maximum Gasteiger partial charge on any atom is 0.161 e. The smallest absolute Gasteiger partial charge is 0.161 e. The van der Waals surface area contributed by atoms with Crippen LogP contribution in [-0.2, 0) is 38.5 Å². The molecule has 0 radical (unpaired) electrons. The van der Waals surface area contributed by atoms with Crippen molar-refractivity contribution in [2.24, 2.45) is 0 Å². The van der Waals surface area contributed by atoms with Crippen LogP contribution in [0.1, 0.15) is 86.0 Å². The Morgan fingerprint density at radius 2 is 0.478 bits per heavy atom. The molecule has 2 aliphatic carbocycles. The SMILES string of the molecule is COc1cc2c3cc1OCCCOc1cc4c(cc1OC)Cc1cc5c(OC)cc1Cc1cc(c(O)cc1C4)OCCCOc1cc(c(cc1O)C3)Cc1cc(OC)c(cc1C2)OCCCO5. The van der Waals surface area contributed by atoms with Crippen LogP contribution in [0.15, 0.2) is 72.8 Å². The Balaban J connectivity index is 1.14. The quantitative estimate of drug-likeness (QED) is 0.174. The van der Waals surface area contributed by atoms with Crippen LogP contribution in [0.4, 0.5) is 0 Å². The topological polar surface area (TPSA) is 133 Å². The lowest BCUT2D eigenvalue weighted by Crippen LogP contribution is -2.09. The fraction of sp³-hybridized carbons (Fsp3) is 0.345. The molecule has 20 rings (SSSR count). The predicted octanol–water partition coefficient (Wildman–Crippen LogP) is 9.47. The number of methoxy groups -OCH3 is 4. The molecule has 0 spiro atoms. The lowest BCUT2D eigenvalue weighted by Gasteiger charge is -2.19. The molecule has 67 heavy (non-hydrogen) atoms. The minimum absolute atomic E-state index is 0.0504. The molecule has 14 aliphatic rings. The second-order valence-electron chi connectivity index (χ2n) is 17.5. The van der Waals surface area contributed by atoms with Gasteiger partial charge in [-0.3, -0.25) is 0 Å². The molecule has 12 heteroatoms. The number of rotatable bonds is 4. The van der Waals surface area contributed by atoms with Crippen molar-refractivity contribution in [3.05, 3.63) is 140 Å². The molecule has 0 atom stereocenters. The highest BCUT2D eigenvalue weighted by molar-refractivity contribution is 5.60. The maximum atomic E-state index is 11.5. The standard InChI is InChI=1S/C55H56O12/c1-58-48-24-36-16-34-22-46-44(56)20-32(34)14-40-28-52-50(60-3)26-38(40)18-42(36)30-54(48)66-12-7-13-67-55-31-43-19-39-27-51(61-4)53(65-11-6-10-64-52)29-41(39)15-33-21-45(57)47(63-9-5-8-62-46)23-35(33)17-37(43)25-49(55)59-2/h20-31,56-57H,5-19H2,1-4H3. The molecule has 6 aromatic carbocycles. The summed E-state index contributed by atoms with van der Waals surface area (Å²) in [6, 6.07) is 24.1. The average Bonchev–Trinajstić information content (AvgIpc) is 3.42. The fourth-order valence-corrected chi connectivity index (χ4v) is 9.68. The molecule has 348 valence electrons. The van der Waals surface area contributed by atoms with E-state index in [-0.39, 0.29) is 24.7 Å². The summed E-state index contributed by atoms with van der Waals surface area (Å²) >= 11 is 0. The van der Waals surface area contributed by atoms with Gasteiger partial charge < -0.3 is 57.6 Å². The third-order valence-electron chi connectivity index (χ3n) is 13.2. The summed E-state index contributed by atoms with van der Waals surface area (Å²) < 4.78 is 62.5. The largest absolute Gasteiger partial charge is 0.504 e. The van der Waals surface area contributed by atoms with Crippen LogP contribution in [0.2, 0.25) is 0 Å². The van der Waals surface area contributed by atoms with E-state index in [1.54, 1.807) is 28.4 Å². The van der Waals surface area contributed by atoms with E-state index in [0.29, 0.717) is 142 Å². The van der Waals surface area contributed by atoms with Crippen molar-refractivity contribution in [3.8, 4) is 69.0 Å². The van der Waals surface area contributed by atoms with E-state index in [4.69, 9.17) is 47.4 Å². The molecule has 0 saturated heterocycles. The van der Waals surface area contributed by atoms with Crippen molar-refractivity contribution in [2.45, 2.75) is 57.8 Å². The van der Waals surface area contributed by atoms with Gasteiger partial charge in [0.2, 0.25) is 0 Å². The molecule has 0 saturated carbocycles. The molecule has 2 N–H and O–H groups in total. The van der Waals surface area contributed by atoms with E-state index in [1.165, 1.54) is 0 Å². The number of aromatic hydroxyl groups is 2. The molecular formula is C55H56O12.